The van der Waals surface area contributed by atoms with Gasteiger partial charge in [-0.1, -0.05) is 0 Å². The molecule has 0 bridgehead atoms. The fourth-order valence-corrected chi connectivity index (χ4v) is 1.74. The molecule has 2 rings (SSSR count). The molecule has 0 spiro atoms. The van der Waals surface area contributed by atoms with Crippen molar-refractivity contribution in [1.82, 2.24) is 10.3 Å². The summed E-state index contributed by atoms with van der Waals surface area (Å²) in [7, 11) is 0. The minimum atomic E-state index is -0.0725. The molecule has 5 nitrogen and oxygen atoms in total. The lowest BCUT2D eigenvalue weighted by atomic mass is 10.3. The van der Waals surface area contributed by atoms with Crippen molar-refractivity contribution in [1.29, 1.82) is 0 Å². The van der Waals surface area contributed by atoms with Gasteiger partial charge in [-0.2, -0.15) is 0 Å². The van der Waals surface area contributed by atoms with Crippen LogP contribution in [0.25, 0.3) is 0 Å². The van der Waals surface area contributed by atoms with Crippen molar-refractivity contribution < 1.29 is 4.79 Å². The fourth-order valence-electron chi connectivity index (χ4n) is 1.74. The lowest BCUT2D eigenvalue weighted by Crippen LogP contribution is -2.43. The minimum Gasteiger partial charge on any atom is -0.354 e. The smallest absolute Gasteiger partial charge is 0.221 e. The van der Waals surface area contributed by atoms with Gasteiger partial charge in [0.05, 0.1) is 11.9 Å². The molecule has 1 amide bonds. The first-order chi connectivity index (χ1) is 7.75. The van der Waals surface area contributed by atoms with E-state index in [9.17, 15) is 4.79 Å². The van der Waals surface area contributed by atoms with Crippen molar-refractivity contribution in [3.05, 3.63) is 18.3 Å². The second kappa shape index (κ2) is 8.13. The third kappa shape index (κ3) is 4.68. The Kier molecular flexibility index (Phi) is 7.66. The van der Waals surface area contributed by atoms with Gasteiger partial charge in [0.25, 0.3) is 0 Å². The summed E-state index contributed by atoms with van der Waals surface area (Å²) in [6.07, 6.45) is 1.69. The van der Waals surface area contributed by atoms with Crippen LogP contribution in [0.2, 0.25) is 0 Å². The van der Waals surface area contributed by atoms with Gasteiger partial charge < -0.3 is 15.5 Å². The Morgan fingerprint density at radius 2 is 2.00 bits per heavy atom. The number of piperazine rings is 1. The first-order valence-corrected chi connectivity index (χ1v) is 5.45. The maximum atomic E-state index is 10.8. The van der Waals surface area contributed by atoms with Crippen molar-refractivity contribution in [2.45, 2.75) is 6.92 Å². The molecule has 0 aliphatic carbocycles. The molecule has 0 radical (unpaired) electrons. The summed E-state index contributed by atoms with van der Waals surface area (Å²) in [5.74, 6) is 0.896. The molecule has 2 heterocycles. The standard InChI is InChI=1S/C11H16N4O.2ClH/c1-9(16)14-10-2-3-11(13-8-10)15-6-4-12-5-7-15;;/h2-3,8,12H,4-7H2,1H3,(H,14,16);2*1H. The molecule has 1 aromatic rings. The summed E-state index contributed by atoms with van der Waals surface area (Å²) in [4.78, 5) is 17.4. The van der Waals surface area contributed by atoms with E-state index in [1.807, 2.05) is 12.1 Å². The van der Waals surface area contributed by atoms with Crippen LogP contribution in [-0.4, -0.2) is 37.1 Å². The second-order valence-electron chi connectivity index (χ2n) is 3.82. The summed E-state index contributed by atoms with van der Waals surface area (Å²) < 4.78 is 0. The Morgan fingerprint density at radius 3 is 2.50 bits per heavy atom. The summed E-state index contributed by atoms with van der Waals surface area (Å²) in [5, 5.41) is 6.00. The number of hydrogen-bond donors (Lipinski definition) is 2. The average Bonchev–Trinajstić information content (AvgIpc) is 2.30. The zero-order chi connectivity index (χ0) is 11.4. The molecule has 18 heavy (non-hydrogen) atoms. The molecule has 0 unspecified atom stereocenters. The first kappa shape index (κ1) is 17.0. The number of carbonyl (C=O) groups excluding carboxylic acids is 1. The largest absolute Gasteiger partial charge is 0.354 e. The number of pyridine rings is 1. The molecule has 1 aromatic heterocycles. The summed E-state index contributed by atoms with van der Waals surface area (Å²) >= 11 is 0. The van der Waals surface area contributed by atoms with Crippen molar-refractivity contribution in [3.63, 3.8) is 0 Å². The number of amides is 1. The van der Waals surface area contributed by atoms with Crippen molar-refractivity contribution >= 4 is 42.2 Å². The van der Waals surface area contributed by atoms with E-state index in [1.54, 1.807) is 6.20 Å². The number of anilines is 2. The van der Waals surface area contributed by atoms with Gasteiger partial charge in [-0.05, 0) is 12.1 Å². The van der Waals surface area contributed by atoms with E-state index < -0.39 is 0 Å². The van der Waals surface area contributed by atoms with Crippen molar-refractivity contribution in [2.75, 3.05) is 36.4 Å². The predicted molar refractivity (Wildman–Crippen MR) is 78.1 cm³/mol. The normalized spacial score (nSPS) is 14.2. The maximum absolute atomic E-state index is 10.8. The Hall–Kier alpha value is -1.04. The van der Waals surface area contributed by atoms with Crippen LogP contribution in [0.4, 0.5) is 11.5 Å². The SMILES string of the molecule is CC(=O)Nc1ccc(N2CCNCC2)nc1.Cl.Cl. The number of nitrogens with zero attached hydrogens (tertiary/aromatic N) is 2. The fraction of sp³-hybridized carbons (Fsp3) is 0.455. The van der Waals surface area contributed by atoms with Gasteiger partial charge in [0, 0.05) is 33.1 Å². The van der Waals surface area contributed by atoms with Crippen LogP contribution < -0.4 is 15.5 Å². The van der Waals surface area contributed by atoms with Crippen LogP contribution in [0, 0.1) is 0 Å². The van der Waals surface area contributed by atoms with Gasteiger partial charge in [0.1, 0.15) is 5.82 Å². The van der Waals surface area contributed by atoms with E-state index >= 15 is 0 Å². The molecule has 0 atom stereocenters. The van der Waals surface area contributed by atoms with Crippen LogP contribution >= 0.6 is 24.8 Å². The van der Waals surface area contributed by atoms with Crippen LogP contribution in [0.1, 0.15) is 6.92 Å². The maximum Gasteiger partial charge on any atom is 0.221 e. The van der Waals surface area contributed by atoms with E-state index in [2.05, 4.69) is 20.5 Å². The van der Waals surface area contributed by atoms with Gasteiger partial charge in [-0.3, -0.25) is 4.79 Å². The number of aromatic nitrogens is 1. The lowest BCUT2D eigenvalue weighted by Gasteiger charge is -2.28. The minimum absolute atomic E-state index is 0. The number of hydrogen-bond acceptors (Lipinski definition) is 4. The zero-order valence-electron chi connectivity index (χ0n) is 10.2. The summed E-state index contributed by atoms with van der Waals surface area (Å²) in [5.41, 5.74) is 0.742. The van der Waals surface area contributed by atoms with E-state index in [0.717, 1.165) is 37.7 Å². The summed E-state index contributed by atoms with van der Waals surface area (Å²) in [6.45, 7) is 5.44. The number of rotatable bonds is 2. The van der Waals surface area contributed by atoms with Crippen LogP contribution in [0.15, 0.2) is 18.3 Å². The Labute approximate surface area is 119 Å². The van der Waals surface area contributed by atoms with Gasteiger partial charge in [0.15, 0.2) is 0 Å². The number of nitrogens with one attached hydrogen (secondary N) is 2. The van der Waals surface area contributed by atoms with Gasteiger partial charge in [-0.25, -0.2) is 4.98 Å². The van der Waals surface area contributed by atoms with E-state index in [0.29, 0.717) is 0 Å². The molecular formula is C11H18Cl2N4O. The van der Waals surface area contributed by atoms with E-state index in [1.165, 1.54) is 6.92 Å². The Balaban J connectivity index is 0.00000144. The van der Waals surface area contributed by atoms with Gasteiger partial charge in [0.2, 0.25) is 5.91 Å². The second-order valence-corrected chi connectivity index (χ2v) is 3.82. The van der Waals surface area contributed by atoms with E-state index in [4.69, 9.17) is 0 Å². The highest BCUT2D eigenvalue weighted by atomic mass is 35.5. The van der Waals surface area contributed by atoms with Crippen molar-refractivity contribution in [3.8, 4) is 0 Å². The molecule has 2 N–H and O–H groups in total. The lowest BCUT2D eigenvalue weighted by molar-refractivity contribution is -0.114. The molecule has 1 aliphatic rings. The molecular weight excluding hydrogens is 275 g/mol. The molecule has 1 fully saturated rings. The molecule has 102 valence electrons. The number of carbonyl (C=O) groups is 1. The van der Waals surface area contributed by atoms with Crippen LogP contribution in [-0.2, 0) is 4.79 Å². The van der Waals surface area contributed by atoms with Gasteiger partial charge >= 0.3 is 0 Å². The van der Waals surface area contributed by atoms with Crippen LogP contribution in [0.3, 0.4) is 0 Å². The Morgan fingerprint density at radius 1 is 1.33 bits per heavy atom. The Bertz CT molecular complexity index is 366. The third-order valence-corrected chi connectivity index (χ3v) is 2.51. The molecule has 1 aliphatic heterocycles. The number of halogens is 2. The quantitative estimate of drug-likeness (QED) is 0.863. The molecule has 0 aromatic carbocycles. The molecule has 7 heteroatoms. The highest BCUT2D eigenvalue weighted by molar-refractivity contribution is 5.88. The van der Waals surface area contributed by atoms with Crippen LogP contribution in [0.5, 0.6) is 0 Å². The van der Waals surface area contributed by atoms with Crippen molar-refractivity contribution in [2.24, 2.45) is 0 Å². The van der Waals surface area contributed by atoms with Gasteiger partial charge in [-0.15, -0.1) is 24.8 Å². The van der Waals surface area contributed by atoms with E-state index in [-0.39, 0.29) is 30.7 Å². The monoisotopic (exact) mass is 292 g/mol. The zero-order valence-corrected chi connectivity index (χ0v) is 11.8. The third-order valence-electron chi connectivity index (χ3n) is 2.51. The highest BCUT2D eigenvalue weighted by Gasteiger charge is 2.10. The molecule has 1 saturated heterocycles. The topological polar surface area (TPSA) is 57.3 Å². The highest BCUT2D eigenvalue weighted by Crippen LogP contribution is 2.14. The average molecular weight is 293 g/mol. The first-order valence-electron chi connectivity index (χ1n) is 5.45. The molecule has 0 saturated carbocycles. The predicted octanol–water partition coefficient (Wildman–Crippen LogP) is 1.29. The summed E-state index contributed by atoms with van der Waals surface area (Å²) in [6, 6.07) is 3.82.